The lowest BCUT2D eigenvalue weighted by Gasteiger charge is -2.38. The molecular weight excluding hydrogens is 352 g/mol. The van der Waals surface area contributed by atoms with Crippen LogP contribution in [0.2, 0.25) is 0 Å². The van der Waals surface area contributed by atoms with E-state index < -0.39 is 18.0 Å². The van der Waals surface area contributed by atoms with Crippen LogP contribution in [-0.2, 0) is 14.4 Å². The van der Waals surface area contributed by atoms with E-state index in [0.29, 0.717) is 25.8 Å². The van der Waals surface area contributed by atoms with E-state index in [9.17, 15) is 19.2 Å². The van der Waals surface area contributed by atoms with Crippen LogP contribution >= 0.6 is 0 Å². The number of rotatable bonds is 5. The second kappa shape index (κ2) is 8.12. The van der Waals surface area contributed by atoms with Crippen LogP contribution in [0, 0.1) is 0 Å². The lowest BCUT2D eigenvalue weighted by atomic mass is 10.1. The van der Waals surface area contributed by atoms with Gasteiger partial charge >= 0.3 is 6.03 Å². The van der Waals surface area contributed by atoms with E-state index in [1.165, 1.54) is 4.90 Å². The van der Waals surface area contributed by atoms with Gasteiger partial charge in [-0.2, -0.15) is 0 Å². The molecule has 3 unspecified atom stereocenters. The van der Waals surface area contributed by atoms with Gasteiger partial charge in [0.2, 0.25) is 17.7 Å². The molecule has 10 heteroatoms. The highest BCUT2D eigenvalue weighted by atomic mass is 16.2. The summed E-state index contributed by atoms with van der Waals surface area (Å²) in [6.07, 6.45) is 3.70. The Morgan fingerprint density at radius 1 is 1.11 bits per heavy atom. The zero-order valence-corrected chi connectivity index (χ0v) is 15.6. The van der Waals surface area contributed by atoms with Gasteiger partial charge in [-0.15, -0.1) is 0 Å². The summed E-state index contributed by atoms with van der Waals surface area (Å²) in [5.41, 5.74) is 5.48. The number of nitrogens with zero attached hydrogens (tertiary/aromatic N) is 2. The molecule has 27 heavy (non-hydrogen) atoms. The molecule has 3 aliphatic rings. The Morgan fingerprint density at radius 2 is 1.85 bits per heavy atom. The molecular formula is C17H28N6O4. The van der Waals surface area contributed by atoms with Gasteiger partial charge in [0.1, 0.15) is 12.1 Å². The maximum atomic E-state index is 13.2. The van der Waals surface area contributed by atoms with E-state index in [0.717, 1.165) is 12.8 Å². The normalized spacial score (nSPS) is 28.2. The average Bonchev–Trinajstić information content (AvgIpc) is 3.31. The van der Waals surface area contributed by atoms with E-state index in [1.54, 1.807) is 11.9 Å². The van der Waals surface area contributed by atoms with Gasteiger partial charge in [-0.1, -0.05) is 0 Å². The third-order valence-electron chi connectivity index (χ3n) is 5.38. The minimum Gasteiger partial charge on any atom is -0.368 e. The highest BCUT2D eigenvalue weighted by Gasteiger charge is 2.44. The third kappa shape index (κ3) is 4.49. The topological polar surface area (TPSA) is 137 Å². The Balaban J connectivity index is 1.79. The minimum absolute atomic E-state index is 0.0563. The first-order valence-corrected chi connectivity index (χ1v) is 9.51. The van der Waals surface area contributed by atoms with Crippen LogP contribution in [0.5, 0.6) is 0 Å². The fraction of sp³-hybridized carbons (Fsp3) is 0.765. The SMILES string of the molecule is CNCC(=O)NC1CN(C(=O)NC2CC2)CCC2CCC(C(N)=O)N2C1=O. The van der Waals surface area contributed by atoms with Gasteiger partial charge in [-0.3, -0.25) is 14.4 Å². The van der Waals surface area contributed by atoms with Crippen molar-refractivity contribution in [3.8, 4) is 0 Å². The molecule has 5 N–H and O–H groups in total. The predicted molar refractivity (Wildman–Crippen MR) is 96.5 cm³/mol. The molecule has 10 nitrogen and oxygen atoms in total. The van der Waals surface area contributed by atoms with Crippen molar-refractivity contribution in [2.24, 2.45) is 5.73 Å². The summed E-state index contributed by atoms with van der Waals surface area (Å²) in [4.78, 5) is 52.7. The van der Waals surface area contributed by atoms with Gasteiger partial charge in [-0.25, -0.2) is 4.79 Å². The van der Waals surface area contributed by atoms with Crippen LogP contribution < -0.4 is 21.7 Å². The molecule has 3 fully saturated rings. The Kier molecular flexibility index (Phi) is 5.83. The van der Waals surface area contributed by atoms with E-state index in [-0.39, 0.29) is 43.0 Å². The largest absolute Gasteiger partial charge is 0.368 e. The molecule has 2 saturated heterocycles. The summed E-state index contributed by atoms with van der Waals surface area (Å²) in [7, 11) is 1.63. The van der Waals surface area contributed by atoms with Crippen LogP contribution in [0.15, 0.2) is 0 Å². The first-order valence-electron chi connectivity index (χ1n) is 9.51. The van der Waals surface area contributed by atoms with Crippen LogP contribution in [0.3, 0.4) is 0 Å². The molecule has 1 saturated carbocycles. The molecule has 150 valence electrons. The molecule has 2 aliphatic heterocycles. The van der Waals surface area contributed by atoms with Crippen LogP contribution in [-0.4, -0.2) is 84.4 Å². The van der Waals surface area contributed by atoms with Crippen molar-refractivity contribution in [1.82, 2.24) is 25.8 Å². The van der Waals surface area contributed by atoms with Crippen LogP contribution in [0.1, 0.15) is 32.1 Å². The number of nitrogens with one attached hydrogen (secondary N) is 3. The monoisotopic (exact) mass is 380 g/mol. The molecule has 3 rings (SSSR count). The number of nitrogens with two attached hydrogens (primary N) is 1. The summed E-state index contributed by atoms with van der Waals surface area (Å²) >= 11 is 0. The Bertz CT molecular complexity index is 623. The number of amides is 5. The number of hydrogen-bond acceptors (Lipinski definition) is 5. The van der Waals surface area contributed by atoms with Crippen molar-refractivity contribution in [1.29, 1.82) is 0 Å². The van der Waals surface area contributed by atoms with E-state index in [2.05, 4.69) is 16.0 Å². The molecule has 0 bridgehead atoms. The van der Waals surface area contributed by atoms with E-state index in [1.807, 2.05) is 0 Å². The highest BCUT2D eigenvalue weighted by molar-refractivity contribution is 5.93. The molecule has 2 heterocycles. The fourth-order valence-corrected chi connectivity index (χ4v) is 3.85. The van der Waals surface area contributed by atoms with Crippen molar-refractivity contribution >= 4 is 23.8 Å². The summed E-state index contributed by atoms with van der Waals surface area (Å²) < 4.78 is 0. The third-order valence-corrected chi connectivity index (χ3v) is 5.38. The fourth-order valence-electron chi connectivity index (χ4n) is 3.85. The van der Waals surface area contributed by atoms with E-state index >= 15 is 0 Å². The van der Waals surface area contributed by atoms with Gasteiger partial charge < -0.3 is 31.5 Å². The molecule has 0 aromatic carbocycles. The zero-order valence-electron chi connectivity index (χ0n) is 15.6. The van der Waals surface area contributed by atoms with Gasteiger partial charge in [0, 0.05) is 18.6 Å². The van der Waals surface area contributed by atoms with Crippen molar-refractivity contribution in [2.45, 2.75) is 56.3 Å². The molecule has 0 aromatic rings. The molecule has 0 spiro atoms. The van der Waals surface area contributed by atoms with Crippen molar-refractivity contribution in [3.63, 3.8) is 0 Å². The number of carbonyl (C=O) groups excluding carboxylic acids is 4. The van der Waals surface area contributed by atoms with Gasteiger partial charge in [0.05, 0.1) is 13.1 Å². The van der Waals surface area contributed by atoms with Crippen LogP contribution in [0.25, 0.3) is 0 Å². The number of primary amides is 1. The highest BCUT2D eigenvalue weighted by Crippen LogP contribution is 2.29. The van der Waals surface area contributed by atoms with Crippen molar-refractivity contribution < 1.29 is 19.2 Å². The van der Waals surface area contributed by atoms with Gasteiger partial charge in [0.25, 0.3) is 0 Å². The number of fused-ring (bicyclic) bond motifs is 1. The molecule has 5 amide bonds. The summed E-state index contributed by atoms with van der Waals surface area (Å²) in [6.45, 7) is 0.582. The Morgan fingerprint density at radius 3 is 2.48 bits per heavy atom. The maximum absolute atomic E-state index is 13.2. The van der Waals surface area contributed by atoms with Gasteiger partial charge in [0.15, 0.2) is 0 Å². The second-order valence-electron chi connectivity index (χ2n) is 7.50. The van der Waals surface area contributed by atoms with Crippen molar-refractivity contribution in [3.05, 3.63) is 0 Å². The summed E-state index contributed by atoms with van der Waals surface area (Å²) in [5.74, 6) is -1.23. The maximum Gasteiger partial charge on any atom is 0.317 e. The predicted octanol–water partition coefficient (Wildman–Crippen LogP) is -1.89. The lowest BCUT2D eigenvalue weighted by Crippen LogP contribution is -2.62. The lowest BCUT2D eigenvalue weighted by molar-refractivity contribution is -0.143. The number of hydrogen-bond donors (Lipinski definition) is 4. The number of urea groups is 1. The minimum atomic E-state index is -0.904. The summed E-state index contributed by atoms with van der Waals surface area (Å²) in [5, 5.41) is 8.37. The number of carbonyl (C=O) groups is 4. The standard InChI is InChI=1S/C17H28N6O4/c1-19-8-14(24)21-12-9-22(17(27)20-10-2-3-10)7-6-11-4-5-13(15(18)25)23(11)16(12)26/h10-13,19H,2-9H2,1H3,(H2,18,25)(H,20,27)(H,21,24). The first kappa shape index (κ1) is 19.4. The second-order valence-corrected chi connectivity index (χ2v) is 7.50. The smallest absolute Gasteiger partial charge is 0.317 e. The van der Waals surface area contributed by atoms with Crippen molar-refractivity contribution in [2.75, 3.05) is 26.7 Å². The quantitative estimate of drug-likeness (QED) is 0.442. The molecule has 0 radical (unpaired) electrons. The number of likely N-dealkylation sites (N-methyl/N-ethyl adjacent to an activating group) is 1. The zero-order chi connectivity index (χ0) is 19.6. The molecule has 1 aliphatic carbocycles. The average molecular weight is 380 g/mol. The molecule has 0 aromatic heterocycles. The Hall–Kier alpha value is -2.36. The molecule has 3 atom stereocenters. The van der Waals surface area contributed by atoms with E-state index in [4.69, 9.17) is 5.73 Å². The van der Waals surface area contributed by atoms with Crippen LogP contribution in [0.4, 0.5) is 4.79 Å². The van der Waals surface area contributed by atoms with Gasteiger partial charge in [-0.05, 0) is 39.2 Å². The first-order chi connectivity index (χ1) is 12.9. The summed E-state index contributed by atoms with van der Waals surface area (Å²) in [6, 6.07) is -1.72. The Labute approximate surface area is 158 Å².